The van der Waals surface area contributed by atoms with Gasteiger partial charge in [0.2, 0.25) is 5.91 Å². The van der Waals surface area contributed by atoms with Crippen LogP contribution in [0.25, 0.3) is 10.9 Å². The zero-order valence-electron chi connectivity index (χ0n) is 13.5. The number of amides is 1. The Morgan fingerprint density at radius 3 is 2.76 bits per heavy atom. The Kier molecular flexibility index (Phi) is 5.46. The molecule has 0 unspecified atom stereocenters. The van der Waals surface area contributed by atoms with Crippen LogP contribution in [0.15, 0.2) is 71.9 Å². The Labute approximate surface area is 154 Å². The van der Waals surface area contributed by atoms with Crippen LogP contribution in [0, 0.1) is 0 Å². The highest BCUT2D eigenvalue weighted by Crippen LogP contribution is 2.31. The number of nitrogens with one attached hydrogen (secondary N) is 1. The average Bonchev–Trinajstić information content (AvgIpc) is 2.65. The number of carbonyl (C=O) groups excluding carboxylic acids is 1. The van der Waals surface area contributed by atoms with Crippen LogP contribution >= 0.6 is 15.9 Å². The number of carbonyl (C=O) groups is 1. The zero-order chi connectivity index (χ0) is 17.6. The third-order valence-corrected chi connectivity index (χ3v) is 4.27. The standard InChI is InChI=1S/C20H17BrN2O2/c1-2-19(24)22-13-11-14-5-10-18(20-17(14)4-3-12-23-20)25-16-8-6-15(21)7-9-16/h2-10,12H,1,11,13H2,(H,22,24). The van der Waals surface area contributed by atoms with Crippen LogP contribution in [0.2, 0.25) is 0 Å². The minimum atomic E-state index is -0.169. The summed E-state index contributed by atoms with van der Waals surface area (Å²) in [5.41, 5.74) is 1.91. The number of hydrogen-bond donors (Lipinski definition) is 1. The molecule has 1 aromatic heterocycles. The van der Waals surface area contributed by atoms with Gasteiger partial charge in [-0.2, -0.15) is 0 Å². The quantitative estimate of drug-likeness (QED) is 0.617. The molecule has 0 aliphatic carbocycles. The van der Waals surface area contributed by atoms with Gasteiger partial charge in [0.1, 0.15) is 11.3 Å². The summed E-state index contributed by atoms with van der Waals surface area (Å²) in [4.78, 5) is 15.8. The van der Waals surface area contributed by atoms with E-state index in [4.69, 9.17) is 4.74 Å². The van der Waals surface area contributed by atoms with E-state index >= 15 is 0 Å². The first-order chi connectivity index (χ1) is 12.2. The molecule has 0 aliphatic rings. The van der Waals surface area contributed by atoms with Gasteiger partial charge in [0.25, 0.3) is 0 Å². The molecule has 0 aliphatic heterocycles. The minimum absolute atomic E-state index is 0.169. The molecule has 0 saturated carbocycles. The lowest BCUT2D eigenvalue weighted by Crippen LogP contribution is -2.23. The third-order valence-electron chi connectivity index (χ3n) is 3.74. The number of pyridine rings is 1. The topological polar surface area (TPSA) is 51.2 Å². The maximum absolute atomic E-state index is 11.3. The molecular formula is C20H17BrN2O2. The van der Waals surface area contributed by atoms with E-state index in [0.717, 1.165) is 26.7 Å². The second-order valence-electron chi connectivity index (χ2n) is 5.42. The van der Waals surface area contributed by atoms with Crippen molar-refractivity contribution >= 4 is 32.7 Å². The second-order valence-corrected chi connectivity index (χ2v) is 6.34. The zero-order valence-corrected chi connectivity index (χ0v) is 15.1. The Morgan fingerprint density at radius 1 is 1.20 bits per heavy atom. The lowest BCUT2D eigenvalue weighted by atomic mass is 10.0. The van der Waals surface area contributed by atoms with Crippen LogP contribution in [0.5, 0.6) is 11.5 Å². The molecule has 2 aromatic carbocycles. The van der Waals surface area contributed by atoms with Crippen LogP contribution in [0.1, 0.15) is 5.56 Å². The lowest BCUT2D eigenvalue weighted by Gasteiger charge is -2.12. The fourth-order valence-corrected chi connectivity index (χ4v) is 2.79. The van der Waals surface area contributed by atoms with Gasteiger partial charge in [-0.25, -0.2) is 0 Å². The van der Waals surface area contributed by atoms with Crippen molar-refractivity contribution in [2.24, 2.45) is 0 Å². The van der Waals surface area contributed by atoms with Crippen LogP contribution in [0.3, 0.4) is 0 Å². The Hall–Kier alpha value is -2.66. The van der Waals surface area contributed by atoms with Crippen molar-refractivity contribution in [3.8, 4) is 11.5 Å². The molecule has 25 heavy (non-hydrogen) atoms. The largest absolute Gasteiger partial charge is 0.455 e. The highest BCUT2D eigenvalue weighted by molar-refractivity contribution is 9.10. The summed E-state index contributed by atoms with van der Waals surface area (Å²) in [5.74, 6) is 1.29. The normalized spacial score (nSPS) is 10.4. The Balaban J connectivity index is 1.86. The van der Waals surface area contributed by atoms with E-state index in [0.29, 0.717) is 18.7 Å². The minimum Gasteiger partial charge on any atom is -0.455 e. The van der Waals surface area contributed by atoms with E-state index in [9.17, 15) is 4.79 Å². The van der Waals surface area contributed by atoms with Crippen molar-refractivity contribution in [3.63, 3.8) is 0 Å². The fourth-order valence-electron chi connectivity index (χ4n) is 2.53. The summed E-state index contributed by atoms with van der Waals surface area (Å²) >= 11 is 3.42. The molecule has 126 valence electrons. The molecule has 0 radical (unpaired) electrons. The number of halogens is 1. The van der Waals surface area contributed by atoms with E-state index in [1.54, 1.807) is 6.20 Å². The first-order valence-electron chi connectivity index (χ1n) is 7.87. The number of nitrogens with zero attached hydrogens (tertiary/aromatic N) is 1. The van der Waals surface area contributed by atoms with Gasteiger partial charge in [0.05, 0.1) is 0 Å². The highest BCUT2D eigenvalue weighted by atomic mass is 79.9. The molecule has 0 atom stereocenters. The third kappa shape index (κ3) is 4.25. The summed E-state index contributed by atoms with van der Waals surface area (Å²) in [7, 11) is 0. The predicted molar refractivity (Wildman–Crippen MR) is 103 cm³/mol. The number of aromatic nitrogens is 1. The van der Waals surface area contributed by atoms with Crippen LogP contribution in [-0.2, 0) is 11.2 Å². The van der Waals surface area contributed by atoms with Crippen molar-refractivity contribution < 1.29 is 9.53 Å². The summed E-state index contributed by atoms with van der Waals surface area (Å²) in [6.45, 7) is 3.99. The summed E-state index contributed by atoms with van der Waals surface area (Å²) < 4.78 is 7.00. The van der Waals surface area contributed by atoms with E-state index < -0.39 is 0 Å². The maximum atomic E-state index is 11.3. The van der Waals surface area contributed by atoms with Crippen LogP contribution in [-0.4, -0.2) is 17.4 Å². The molecule has 0 saturated heterocycles. The Morgan fingerprint density at radius 2 is 2.00 bits per heavy atom. The molecule has 1 heterocycles. The highest BCUT2D eigenvalue weighted by Gasteiger charge is 2.09. The van der Waals surface area contributed by atoms with Crippen molar-refractivity contribution in [3.05, 3.63) is 77.4 Å². The van der Waals surface area contributed by atoms with Crippen molar-refractivity contribution in [1.29, 1.82) is 0 Å². The van der Waals surface area contributed by atoms with E-state index in [1.165, 1.54) is 6.08 Å². The van der Waals surface area contributed by atoms with E-state index in [2.05, 4.69) is 32.8 Å². The van der Waals surface area contributed by atoms with Crippen LogP contribution < -0.4 is 10.1 Å². The van der Waals surface area contributed by atoms with Gasteiger partial charge in [-0.3, -0.25) is 9.78 Å². The van der Waals surface area contributed by atoms with Gasteiger partial charge in [-0.05, 0) is 54.5 Å². The lowest BCUT2D eigenvalue weighted by molar-refractivity contribution is -0.116. The molecule has 0 fully saturated rings. The Bertz CT molecular complexity index is 907. The maximum Gasteiger partial charge on any atom is 0.243 e. The number of rotatable bonds is 6. The molecule has 1 amide bonds. The van der Waals surface area contributed by atoms with Gasteiger partial charge in [-0.1, -0.05) is 34.6 Å². The molecule has 1 N–H and O–H groups in total. The van der Waals surface area contributed by atoms with Gasteiger partial charge < -0.3 is 10.1 Å². The first-order valence-corrected chi connectivity index (χ1v) is 8.67. The number of benzene rings is 2. The number of fused-ring (bicyclic) bond motifs is 1. The van der Waals surface area contributed by atoms with Crippen molar-refractivity contribution in [2.45, 2.75) is 6.42 Å². The van der Waals surface area contributed by atoms with Gasteiger partial charge >= 0.3 is 0 Å². The average molecular weight is 397 g/mol. The van der Waals surface area contributed by atoms with Gasteiger partial charge in [0, 0.05) is 22.6 Å². The second kappa shape index (κ2) is 7.94. The summed E-state index contributed by atoms with van der Waals surface area (Å²) in [5, 5.41) is 3.81. The summed E-state index contributed by atoms with van der Waals surface area (Å²) in [6, 6.07) is 15.5. The van der Waals surface area contributed by atoms with Crippen molar-refractivity contribution in [1.82, 2.24) is 10.3 Å². The van der Waals surface area contributed by atoms with E-state index in [1.807, 2.05) is 48.5 Å². The molecule has 0 spiro atoms. The smallest absolute Gasteiger partial charge is 0.243 e. The predicted octanol–water partition coefficient (Wildman–Crippen LogP) is 4.63. The first kappa shape index (κ1) is 17.2. The summed E-state index contributed by atoms with van der Waals surface area (Å²) in [6.07, 6.45) is 3.73. The van der Waals surface area contributed by atoms with Crippen molar-refractivity contribution in [2.75, 3.05) is 6.54 Å². The molecule has 3 aromatic rings. The number of hydrogen-bond acceptors (Lipinski definition) is 3. The SMILES string of the molecule is C=CC(=O)NCCc1ccc(Oc2ccc(Br)cc2)c2ncccc12. The fraction of sp³-hybridized carbons (Fsp3) is 0.100. The van der Waals surface area contributed by atoms with Gasteiger partial charge in [-0.15, -0.1) is 0 Å². The molecule has 3 rings (SSSR count). The monoisotopic (exact) mass is 396 g/mol. The molecule has 4 nitrogen and oxygen atoms in total. The van der Waals surface area contributed by atoms with Gasteiger partial charge in [0.15, 0.2) is 5.75 Å². The van der Waals surface area contributed by atoms with E-state index in [-0.39, 0.29) is 5.91 Å². The molecular weight excluding hydrogens is 380 g/mol. The molecule has 0 bridgehead atoms. The van der Waals surface area contributed by atoms with Crippen LogP contribution in [0.4, 0.5) is 0 Å². The number of ether oxygens (including phenoxy) is 1. The molecule has 5 heteroatoms.